The largest absolute Gasteiger partial charge is 0.505 e. The van der Waals surface area contributed by atoms with Crippen LogP contribution in [0, 0.1) is 23.5 Å². The molecule has 3 atom stereocenters. The molecule has 1 aromatic heterocycles. The molecule has 1 aromatic carbocycles. The van der Waals surface area contributed by atoms with Crippen molar-refractivity contribution >= 4 is 29.2 Å². The number of anilines is 1. The van der Waals surface area contributed by atoms with Gasteiger partial charge in [-0.25, -0.2) is 23.6 Å². The topological polar surface area (TPSA) is 74.8 Å². The van der Waals surface area contributed by atoms with Crippen LogP contribution in [0.5, 0.6) is 0 Å². The fourth-order valence-electron chi connectivity index (χ4n) is 3.64. The number of hydrazine groups is 1. The van der Waals surface area contributed by atoms with Gasteiger partial charge in [0.05, 0.1) is 43.8 Å². The van der Waals surface area contributed by atoms with Crippen molar-refractivity contribution in [3.8, 4) is 0 Å². The molecule has 10 heteroatoms. The Labute approximate surface area is 175 Å². The molecule has 2 aliphatic rings. The standard InChI is InChI=1S/C20H17ClF2N4O3/c1-30-5-4-16-17-18(16)27(20(29)25-15-7-11(21)6-13(23)8-15)26(19(17)28)10-14-3-2-12(22)9-24-14/h2-9,16-18H,10H2,1H3,(H,25,29)/b5-4-. The third kappa shape index (κ3) is 3.80. The molecular weight excluding hydrogens is 418 g/mol. The molecule has 2 fully saturated rings. The number of hydrogen-bond donors (Lipinski definition) is 1. The fourth-order valence-corrected chi connectivity index (χ4v) is 3.87. The maximum atomic E-state index is 13.6. The van der Waals surface area contributed by atoms with Crippen LogP contribution < -0.4 is 5.32 Å². The molecule has 0 spiro atoms. The number of halogens is 3. The van der Waals surface area contributed by atoms with Crippen molar-refractivity contribution < 1.29 is 23.1 Å². The average molecular weight is 435 g/mol. The molecule has 3 unspecified atom stereocenters. The Morgan fingerprint density at radius 3 is 2.77 bits per heavy atom. The van der Waals surface area contributed by atoms with Gasteiger partial charge in [0.15, 0.2) is 0 Å². The van der Waals surface area contributed by atoms with Gasteiger partial charge in [-0.05, 0) is 36.4 Å². The van der Waals surface area contributed by atoms with Crippen LogP contribution in [0.2, 0.25) is 5.02 Å². The number of aromatic nitrogens is 1. The highest BCUT2D eigenvalue weighted by Gasteiger charge is 2.66. The molecule has 0 bridgehead atoms. The Hall–Kier alpha value is -3.20. The lowest BCUT2D eigenvalue weighted by atomic mass is 10.2. The number of amides is 3. The zero-order valence-corrected chi connectivity index (χ0v) is 16.5. The summed E-state index contributed by atoms with van der Waals surface area (Å²) >= 11 is 5.85. The number of nitrogens with zero attached hydrogens (tertiary/aromatic N) is 3. The molecular formula is C20H17ClF2N4O3. The second kappa shape index (κ2) is 7.91. The molecule has 1 saturated heterocycles. The number of hydrogen-bond acceptors (Lipinski definition) is 4. The van der Waals surface area contributed by atoms with E-state index in [0.717, 1.165) is 18.3 Å². The van der Waals surface area contributed by atoms with Gasteiger partial charge >= 0.3 is 6.03 Å². The highest BCUT2D eigenvalue weighted by atomic mass is 35.5. The lowest BCUT2D eigenvalue weighted by Gasteiger charge is -2.31. The first-order valence-corrected chi connectivity index (χ1v) is 9.44. The Balaban J connectivity index is 1.59. The molecule has 1 aliphatic carbocycles. The normalized spacial score (nSPS) is 22.4. The number of ether oxygens (including phenoxy) is 1. The second-order valence-electron chi connectivity index (χ2n) is 6.95. The van der Waals surface area contributed by atoms with Crippen LogP contribution in [0.4, 0.5) is 19.3 Å². The monoisotopic (exact) mass is 434 g/mol. The van der Waals surface area contributed by atoms with Crippen molar-refractivity contribution in [3.05, 3.63) is 71.2 Å². The Bertz CT molecular complexity index is 997. The molecule has 3 amide bonds. The first kappa shape index (κ1) is 20.1. The summed E-state index contributed by atoms with van der Waals surface area (Å²) in [5.74, 6) is -1.98. The van der Waals surface area contributed by atoms with Gasteiger partial charge in [-0.3, -0.25) is 9.78 Å². The summed E-state index contributed by atoms with van der Waals surface area (Å²) in [6.07, 6.45) is 4.23. The molecule has 1 aliphatic heterocycles. The molecule has 0 radical (unpaired) electrons. The highest BCUT2D eigenvalue weighted by molar-refractivity contribution is 6.30. The molecule has 156 valence electrons. The van der Waals surface area contributed by atoms with E-state index >= 15 is 0 Å². The summed E-state index contributed by atoms with van der Waals surface area (Å²) < 4.78 is 31.7. The molecule has 7 nitrogen and oxygen atoms in total. The zero-order valence-electron chi connectivity index (χ0n) is 15.8. The van der Waals surface area contributed by atoms with Gasteiger partial charge in [0, 0.05) is 16.6 Å². The van der Waals surface area contributed by atoms with Crippen LogP contribution in [0.3, 0.4) is 0 Å². The molecule has 1 N–H and O–H groups in total. The van der Waals surface area contributed by atoms with E-state index in [4.69, 9.17) is 16.3 Å². The summed E-state index contributed by atoms with van der Waals surface area (Å²) in [5.41, 5.74) is 0.576. The molecule has 2 aromatic rings. The molecule has 2 heterocycles. The number of nitrogens with one attached hydrogen (secondary N) is 1. The van der Waals surface area contributed by atoms with E-state index in [-0.39, 0.29) is 29.1 Å². The van der Waals surface area contributed by atoms with Crippen LogP contribution in [-0.4, -0.2) is 40.1 Å². The highest BCUT2D eigenvalue weighted by Crippen LogP contribution is 2.52. The van der Waals surface area contributed by atoms with E-state index in [1.54, 1.807) is 6.08 Å². The first-order valence-electron chi connectivity index (χ1n) is 9.06. The third-order valence-electron chi connectivity index (χ3n) is 4.98. The van der Waals surface area contributed by atoms with Crippen LogP contribution >= 0.6 is 11.6 Å². The van der Waals surface area contributed by atoms with Gasteiger partial charge in [-0.2, -0.15) is 0 Å². The van der Waals surface area contributed by atoms with Crippen LogP contribution in [0.25, 0.3) is 0 Å². The summed E-state index contributed by atoms with van der Waals surface area (Å²) in [4.78, 5) is 29.9. The van der Waals surface area contributed by atoms with Gasteiger partial charge in [0.2, 0.25) is 5.91 Å². The number of carbonyl (C=O) groups is 2. The SMILES string of the molecule is CO/C=C\C1C2C(=O)N(Cc3ccc(F)cn3)N(C(=O)Nc3cc(F)cc(Cl)c3)C12. The van der Waals surface area contributed by atoms with E-state index in [0.29, 0.717) is 5.69 Å². The number of benzene rings is 1. The van der Waals surface area contributed by atoms with E-state index in [1.807, 2.05) is 0 Å². The number of fused-ring (bicyclic) bond motifs is 1. The summed E-state index contributed by atoms with van der Waals surface area (Å²) in [7, 11) is 1.49. The minimum Gasteiger partial charge on any atom is -0.505 e. The van der Waals surface area contributed by atoms with Crippen LogP contribution in [-0.2, 0) is 16.1 Å². The number of rotatable bonds is 5. The number of carbonyl (C=O) groups excluding carboxylic acids is 2. The van der Waals surface area contributed by atoms with Crippen molar-refractivity contribution in [3.63, 3.8) is 0 Å². The zero-order chi connectivity index (χ0) is 21.4. The van der Waals surface area contributed by atoms with Crippen molar-refractivity contribution in [1.29, 1.82) is 0 Å². The van der Waals surface area contributed by atoms with Gasteiger partial charge in [0.25, 0.3) is 0 Å². The predicted octanol–water partition coefficient (Wildman–Crippen LogP) is 3.58. The second-order valence-corrected chi connectivity index (χ2v) is 7.39. The average Bonchev–Trinajstić information content (AvgIpc) is 3.31. The lowest BCUT2D eigenvalue weighted by Crippen LogP contribution is -2.48. The summed E-state index contributed by atoms with van der Waals surface area (Å²) in [6.45, 7) is -0.00977. The smallest absolute Gasteiger partial charge is 0.341 e. The molecule has 30 heavy (non-hydrogen) atoms. The quantitative estimate of drug-likeness (QED) is 0.730. The van der Waals surface area contributed by atoms with Crippen LogP contribution in [0.1, 0.15) is 5.69 Å². The van der Waals surface area contributed by atoms with Crippen molar-refractivity contribution in [2.75, 3.05) is 12.4 Å². The molecule has 1 saturated carbocycles. The van der Waals surface area contributed by atoms with E-state index < -0.39 is 29.6 Å². The summed E-state index contributed by atoms with van der Waals surface area (Å²) in [6, 6.07) is 5.29. The van der Waals surface area contributed by atoms with Gasteiger partial charge in [0.1, 0.15) is 11.6 Å². The van der Waals surface area contributed by atoms with E-state index in [9.17, 15) is 18.4 Å². The first-order chi connectivity index (χ1) is 14.4. The van der Waals surface area contributed by atoms with Crippen molar-refractivity contribution in [2.24, 2.45) is 11.8 Å². The Morgan fingerprint density at radius 2 is 2.10 bits per heavy atom. The van der Waals surface area contributed by atoms with E-state index in [2.05, 4.69) is 10.3 Å². The fraction of sp³-hybridized carbons (Fsp3) is 0.250. The number of pyridine rings is 1. The van der Waals surface area contributed by atoms with Crippen molar-refractivity contribution in [1.82, 2.24) is 15.0 Å². The van der Waals surface area contributed by atoms with Gasteiger partial charge in [-0.15, -0.1) is 0 Å². The number of urea groups is 1. The number of methoxy groups -OCH3 is 1. The lowest BCUT2D eigenvalue weighted by molar-refractivity contribution is -0.140. The minimum atomic E-state index is -0.618. The maximum absolute atomic E-state index is 13.6. The summed E-state index contributed by atoms with van der Waals surface area (Å²) in [5, 5.41) is 5.26. The van der Waals surface area contributed by atoms with Gasteiger partial charge < -0.3 is 10.1 Å². The predicted molar refractivity (Wildman–Crippen MR) is 104 cm³/mol. The Morgan fingerprint density at radius 1 is 1.30 bits per heavy atom. The van der Waals surface area contributed by atoms with Crippen molar-refractivity contribution in [2.45, 2.75) is 12.6 Å². The maximum Gasteiger partial charge on any atom is 0.341 e. The minimum absolute atomic E-state index is 0.00977. The molecule has 4 rings (SSSR count). The van der Waals surface area contributed by atoms with Crippen LogP contribution in [0.15, 0.2) is 48.9 Å². The third-order valence-corrected chi connectivity index (χ3v) is 5.20. The van der Waals surface area contributed by atoms with Gasteiger partial charge in [-0.1, -0.05) is 11.6 Å². The van der Waals surface area contributed by atoms with E-state index in [1.165, 1.54) is 41.6 Å². The Kier molecular flexibility index (Phi) is 5.29.